The minimum atomic E-state index is -0.0984. The van der Waals surface area contributed by atoms with E-state index in [0.717, 1.165) is 6.42 Å². The van der Waals surface area contributed by atoms with Crippen molar-refractivity contribution in [1.29, 1.82) is 0 Å². The number of hydrogen-bond acceptors (Lipinski definition) is 2. The lowest BCUT2D eigenvalue weighted by molar-refractivity contribution is -0.123. The maximum absolute atomic E-state index is 11.8. The molecule has 0 aliphatic heterocycles. The second kappa shape index (κ2) is 5.38. The Labute approximate surface area is 106 Å². The van der Waals surface area contributed by atoms with Gasteiger partial charge in [-0.3, -0.25) is 4.79 Å². The minimum Gasteiger partial charge on any atom is -0.353 e. The molecule has 0 radical (unpaired) electrons. The van der Waals surface area contributed by atoms with Gasteiger partial charge in [-0.25, -0.2) is 0 Å². The number of hydrogen-bond donors (Lipinski definition) is 2. The van der Waals surface area contributed by atoms with Gasteiger partial charge in [0.15, 0.2) is 0 Å². The largest absolute Gasteiger partial charge is 0.353 e. The fraction of sp³-hybridized carbons (Fsp3) is 0.929. The van der Waals surface area contributed by atoms with E-state index in [0.29, 0.717) is 17.4 Å². The molecule has 3 nitrogen and oxygen atoms in total. The van der Waals surface area contributed by atoms with Gasteiger partial charge in [0.25, 0.3) is 0 Å². The van der Waals surface area contributed by atoms with E-state index in [9.17, 15) is 4.79 Å². The molecule has 0 bridgehead atoms. The zero-order chi connectivity index (χ0) is 13.2. The van der Waals surface area contributed by atoms with Crippen molar-refractivity contribution in [2.24, 2.45) is 11.3 Å². The molecule has 1 rings (SSSR count). The van der Waals surface area contributed by atoms with Crippen molar-refractivity contribution in [2.45, 2.75) is 72.5 Å². The molecular formula is C14H28N2O. The quantitative estimate of drug-likeness (QED) is 0.792. The second-order valence-electron chi connectivity index (χ2n) is 6.71. The van der Waals surface area contributed by atoms with Crippen molar-refractivity contribution in [3.8, 4) is 0 Å². The van der Waals surface area contributed by atoms with E-state index in [-0.39, 0.29) is 18.0 Å². The summed E-state index contributed by atoms with van der Waals surface area (Å²) in [7, 11) is 0. The summed E-state index contributed by atoms with van der Waals surface area (Å²) >= 11 is 0. The third-order valence-corrected chi connectivity index (χ3v) is 3.62. The Morgan fingerprint density at radius 2 is 1.82 bits per heavy atom. The Morgan fingerprint density at radius 3 is 2.24 bits per heavy atom. The van der Waals surface area contributed by atoms with Gasteiger partial charge in [0, 0.05) is 12.1 Å². The first-order valence-corrected chi connectivity index (χ1v) is 6.78. The molecule has 3 heteroatoms. The van der Waals surface area contributed by atoms with Crippen molar-refractivity contribution in [2.75, 3.05) is 0 Å². The molecule has 3 unspecified atom stereocenters. The molecule has 2 N–H and O–H groups in total. The van der Waals surface area contributed by atoms with Gasteiger partial charge >= 0.3 is 0 Å². The smallest absolute Gasteiger partial charge is 0.237 e. The molecule has 0 aromatic rings. The Kier molecular flexibility index (Phi) is 4.59. The Morgan fingerprint density at radius 1 is 1.24 bits per heavy atom. The number of carbonyl (C=O) groups is 1. The monoisotopic (exact) mass is 240 g/mol. The molecule has 1 saturated carbocycles. The van der Waals surface area contributed by atoms with Crippen molar-refractivity contribution in [3.63, 3.8) is 0 Å². The van der Waals surface area contributed by atoms with Gasteiger partial charge < -0.3 is 10.6 Å². The van der Waals surface area contributed by atoms with Crippen LogP contribution in [0.2, 0.25) is 0 Å². The standard InChI is InChI=1S/C14H28N2O/c1-9(2)15-13(17)11(4)16-12-8-14(5,6)7-10(12)3/h9-12,16H,7-8H2,1-6H3,(H,15,17). The van der Waals surface area contributed by atoms with Gasteiger partial charge in [-0.1, -0.05) is 20.8 Å². The summed E-state index contributed by atoms with van der Waals surface area (Å²) in [6.07, 6.45) is 2.40. The topological polar surface area (TPSA) is 41.1 Å². The fourth-order valence-electron chi connectivity index (χ4n) is 2.92. The van der Waals surface area contributed by atoms with Gasteiger partial charge in [-0.2, -0.15) is 0 Å². The van der Waals surface area contributed by atoms with E-state index in [1.54, 1.807) is 0 Å². The first-order valence-electron chi connectivity index (χ1n) is 6.78. The summed E-state index contributed by atoms with van der Waals surface area (Å²) < 4.78 is 0. The van der Waals surface area contributed by atoms with Crippen LogP contribution in [0.1, 0.15) is 54.4 Å². The van der Waals surface area contributed by atoms with E-state index in [1.165, 1.54) is 6.42 Å². The number of nitrogens with one attached hydrogen (secondary N) is 2. The molecule has 1 amide bonds. The van der Waals surface area contributed by atoms with Crippen LogP contribution < -0.4 is 10.6 Å². The lowest BCUT2D eigenvalue weighted by Crippen LogP contribution is -2.49. The predicted octanol–water partition coefficient (Wildman–Crippen LogP) is 2.31. The number of amides is 1. The van der Waals surface area contributed by atoms with Gasteiger partial charge in [0.2, 0.25) is 5.91 Å². The highest BCUT2D eigenvalue weighted by atomic mass is 16.2. The van der Waals surface area contributed by atoms with Crippen molar-refractivity contribution in [3.05, 3.63) is 0 Å². The van der Waals surface area contributed by atoms with E-state index in [4.69, 9.17) is 0 Å². The molecule has 0 saturated heterocycles. The van der Waals surface area contributed by atoms with Crippen molar-refractivity contribution < 1.29 is 4.79 Å². The van der Waals surface area contributed by atoms with Crippen LogP contribution in [0.25, 0.3) is 0 Å². The predicted molar refractivity (Wildman–Crippen MR) is 71.8 cm³/mol. The highest BCUT2D eigenvalue weighted by Crippen LogP contribution is 2.40. The van der Waals surface area contributed by atoms with Crippen LogP contribution in [0.3, 0.4) is 0 Å². The molecule has 0 spiro atoms. The molecule has 1 aliphatic carbocycles. The van der Waals surface area contributed by atoms with Crippen molar-refractivity contribution >= 4 is 5.91 Å². The van der Waals surface area contributed by atoms with Crippen molar-refractivity contribution in [1.82, 2.24) is 10.6 Å². The molecular weight excluding hydrogens is 212 g/mol. The van der Waals surface area contributed by atoms with E-state index in [1.807, 2.05) is 20.8 Å². The van der Waals surface area contributed by atoms with Crippen LogP contribution in [0.4, 0.5) is 0 Å². The minimum absolute atomic E-state index is 0.0984. The van der Waals surface area contributed by atoms with Crippen LogP contribution in [0.5, 0.6) is 0 Å². The number of rotatable bonds is 4. The summed E-state index contributed by atoms with van der Waals surface area (Å²) in [5.41, 5.74) is 0.408. The van der Waals surface area contributed by atoms with Gasteiger partial charge in [-0.15, -0.1) is 0 Å². The molecule has 1 fully saturated rings. The number of carbonyl (C=O) groups excluding carboxylic acids is 1. The molecule has 1 aliphatic rings. The average molecular weight is 240 g/mol. The third kappa shape index (κ3) is 4.30. The zero-order valence-electron chi connectivity index (χ0n) is 12.1. The van der Waals surface area contributed by atoms with Crippen LogP contribution >= 0.6 is 0 Å². The molecule has 0 aromatic heterocycles. The van der Waals surface area contributed by atoms with Gasteiger partial charge in [0.1, 0.15) is 0 Å². The summed E-state index contributed by atoms with van der Waals surface area (Å²) in [6, 6.07) is 0.584. The van der Waals surface area contributed by atoms with Crippen LogP contribution in [0.15, 0.2) is 0 Å². The Hall–Kier alpha value is -0.570. The normalized spacial score (nSPS) is 29.4. The SMILES string of the molecule is CC(C)NC(=O)C(C)NC1CC(C)(C)CC1C. The molecule has 0 heterocycles. The Bertz CT molecular complexity index is 273. The molecule has 100 valence electrons. The molecule has 3 atom stereocenters. The Balaban J connectivity index is 2.46. The van der Waals surface area contributed by atoms with Gasteiger partial charge in [0.05, 0.1) is 6.04 Å². The molecule has 17 heavy (non-hydrogen) atoms. The highest BCUT2D eigenvalue weighted by Gasteiger charge is 2.37. The van der Waals surface area contributed by atoms with Crippen LogP contribution in [-0.2, 0) is 4.79 Å². The highest BCUT2D eigenvalue weighted by molar-refractivity contribution is 5.81. The molecule has 0 aromatic carbocycles. The van der Waals surface area contributed by atoms with Crippen LogP contribution in [-0.4, -0.2) is 24.0 Å². The van der Waals surface area contributed by atoms with E-state index >= 15 is 0 Å². The third-order valence-electron chi connectivity index (χ3n) is 3.62. The maximum Gasteiger partial charge on any atom is 0.237 e. The lowest BCUT2D eigenvalue weighted by Gasteiger charge is -2.23. The maximum atomic E-state index is 11.8. The zero-order valence-corrected chi connectivity index (χ0v) is 12.1. The summed E-state index contributed by atoms with van der Waals surface area (Å²) in [5.74, 6) is 0.760. The van der Waals surface area contributed by atoms with Crippen LogP contribution in [0, 0.1) is 11.3 Å². The first-order chi connectivity index (χ1) is 7.71. The average Bonchev–Trinajstić information content (AvgIpc) is 2.38. The van der Waals surface area contributed by atoms with E-state index < -0.39 is 0 Å². The summed E-state index contributed by atoms with van der Waals surface area (Å²) in [4.78, 5) is 11.8. The van der Waals surface area contributed by atoms with E-state index in [2.05, 4.69) is 31.4 Å². The fourth-order valence-corrected chi connectivity index (χ4v) is 2.92. The summed E-state index contributed by atoms with van der Waals surface area (Å²) in [6.45, 7) is 12.8. The summed E-state index contributed by atoms with van der Waals surface area (Å²) in [5, 5.41) is 6.43. The first kappa shape index (κ1) is 14.5. The second-order valence-corrected chi connectivity index (χ2v) is 6.71. The van der Waals surface area contributed by atoms with Gasteiger partial charge in [-0.05, 0) is 44.9 Å². The lowest BCUT2D eigenvalue weighted by atomic mass is 9.91.